The molecule has 2 heterocycles. The molecule has 1 aliphatic rings. The first-order chi connectivity index (χ1) is 10.2. The van der Waals surface area contributed by atoms with Crippen LogP contribution >= 0.6 is 0 Å². The molecule has 2 aromatic rings. The zero-order valence-electron chi connectivity index (χ0n) is 12.6. The van der Waals surface area contributed by atoms with Crippen molar-refractivity contribution in [1.29, 1.82) is 0 Å². The fraction of sp³-hybridized carbons (Fsp3) is 0.500. The Labute approximate surface area is 124 Å². The van der Waals surface area contributed by atoms with Crippen molar-refractivity contribution >= 4 is 0 Å². The molecule has 0 spiro atoms. The van der Waals surface area contributed by atoms with Gasteiger partial charge in [-0.2, -0.15) is 0 Å². The van der Waals surface area contributed by atoms with Gasteiger partial charge in [0.05, 0.1) is 5.69 Å². The standard InChI is InChI=1S/C16H21FN4/c1-11(2)19-9-12-7-8-18-16(15(12)17)21-10-20-13-5-3-4-6-14(13)21/h7-8,10-11,19H,3-6,9H2,1-2H3. The summed E-state index contributed by atoms with van der Waals surface area (Å²) in [6.45, 7) is 4.61. The van der Waals surface area contributed by atoms with Gasteiger partial charge in [-0.05, 0) is 31.7 Å². The van der Waals surface area contributed by atoms with Crippen LogP contribution in [0.3, 0.4) is 0 Å². The number of rotatable bonds is 4. The largest absolute Gasteiger partial charge is 0.310 e. The monoisotopic (exact) mass is 288 g/mol. The highest BCUT2D eigenvalue weighted by Crippen LogP contribution is 2.24. The molecule has 0 saturated heterocycles. The van der Waals surface area contributed by atoms with Crippen molar-refractivity contribution in [3.05, 3.63) is 41.4 Å². The highest BCUT2D eigenvalue weighted by Gasteiger charge is 2.19. The first-order valence-corrected chi connectivity index (χ1v) is 7.59. The van der Waals surface area contributed by atoms with E-state index in [1.807, 2.05) is 18.4 Å². The zero-order valence-corrected chi connectivity index (χ0v) is 12.6. The highest BCUT2D eigenvalue weighted by molar-refractivity contribution is 5.34. The highest BCUT2D eigenvalue weighted by atomic mass is 19.1. The van der Waals surface area contributed by atoms with Gasteiger partial charge >= 0.3 is 0 Å². The Morgan fingerprint density at radius 2 is 2.10 bits per heavy atom. The topological polar surface area (TPSA) is 42.7 Å². The van der Waals surface area contributed by atoms with E-state index in [-0.39, 0.29) is 5.82 Å². The van der Waals surface area contributed by atoms with Gasteiger partial charge in [0, 0.05) is 30.0 Å². The third-order valence-electron chi connectivity index (χ3n) is 3.91. The predicted molar refractivity (Wildman–Crippen MR) is 79.9 cm³/mol. The molecule has 0 fully saturated rings. The number of aryl methyl sites for hydroxylation is 1. The molecule has 2 aromatic heterocycles. The van der Waals surface area contributed by atoms with Gasteiger partial charge in [-0.3, -0.25) is 4.57 Å². The summed E-state index contributed by atoms with van der Waals surface area (Å²) in [5.74, 6) is 0.116. The van der Waals surface area contributed by atoms with E-state index in [9.17, 15) is 4.39 Å². The summed E-state index contributed by atoms with van der Waals surface area (Å²) in [5, 5.41) is 3.24. The number of hydrogen-bond donors (Lipinski definition) is 1. The molecule has 4 nitrogen and oxygen atoms in total. The van der Waals surface area contributed by atoms with E-state index in [1.165, 1.54) is 0 Å². The molecule has 1 N–H and O–H groups in total. The molecule has 0 amide bonds. The van der Waals surface area contributed by atoms with Gasteiger partial charge in [-0.25, -0.2) is 14.4 Å². The lowest BCUT2D eigenvalue weighted by Crippen LogP contribution is -2.23. The third-order valence-corrected chi connectivity index (χ3v) is 3.91. The molecular weight excluding hydrogens is 267 g/mol. The van der Waals surface area contributed by atoms with Crippen molar-refractivity contribution in [3.8, 4) is 5.82 Å². The molecule has 0 bridgehead atoms. The number of hydrogen-bond acceptors (Lipinski definition) is 3. The van der Waals surface area contributed by atoms with Gasteiger partial charge < -0.3 is 5.32 Å². The smallest absolute Gasteiger partial charge is 0.174 e. The number of imidazole rings is 1. The molecule has 3 rings (SSSR count). The van der Waals surface area contributed by atoms with Gasteiger partial charge in [0.2, 0.25) is 0 Å². The third kappa shape index (κ3) is 2.83. The average Bonchev–Trinajstić information content (AvgIpc) is 2.90. The Morgan fingerprint density at radius 1 is 1.29 bits per heavy atom. The molecule has 0 aliphatic heterocycles. The van der Waals surface area contributed by atoms with Crippen molar-refractivity contribution in [1.82, 2.24) is 19.9 Å². The Hall–Kier alpha value is -1.75. The Balaban J connectivity index is 1.95. The predicted octanol–water partition coefficient (Wildman–Crippen LogP) is 2.78. The minimum atomic E-state index is -0.253. The molecule has 0 aromatic carbocycles. The van der Waals surface area contributed by atoms with Crippen molar-refractivity contribution in [3.63, 3.8) is 0 Å². The van der Waals surface area contributed by atoms with Crippen molar-refractivity contribution < 1.29 is 4.39 Å². The molecule has 0 saturated carbocycles. The van der Waals surface area contributed by atoms with Gasteiger partial charge in [0.1, 0.15) is 6.33 Å². The van der Waals surface area contributed by atoms with Crippen LogP contribution in [0, 0.1) is 5.82 Å². The Morgan fingerprint density at radius 3 is 2.90 bits per heavy atom. The van der Waals surface area contributed by atoms with Crippen LogP contribution in [0.1, 0.15) is 43.6 Å². The van der Waals surface area contributed by atoms with Gasteiger partial charge in [0.15, 0.2) is 11.6 Å². The fourth-order valence-electron chi connectivity index (χ4n) is 2.74. The van der Waals surface area contributed by atoms with E-state index in [0.29, 0.717) is 24.0 Å². The Kier molecular flexibility index (Phi) is 4.01. The lowest BCUT2D eigenvalue weighted by atomic mass is 10.0. The molecule has 1 aliphatic carbocycles. The second kappa shape index (κ2) is 5.93. The lowest BCUT2D eigenvalue weighted by molar-refractivity contribution is 0.543. The zero-order chi connectivity index (χ0) is 14.8. The van der Waals surface area contributed by atoms with E-state index in [0.717, 1.165) is 37.1 Å². The molecule has 112 valence electrons. The summed E-state index contributed by atoms with van der Waals surface area (Å²) in [6, 6.07) is 2.06. The van der Waals surface area contributed by atoms with Crippen LogP contribution in [-0.2, 0) is 19.4 Å². The number of pyridine rings is 1. The number of halogens is 1. The lowest BCUT2D eigenvalue weighted by Gasteiger charge is -2.15. The summed E-state index contributed by atoms with van der Waals surface area (Å²) in [5.41, 5.74) is 2.85. The van der Waals surface area contributed by atoms with Gasteiger partial charge in [-0.15, -0.1) is 0 Å². The van der Waals surface area contributed by atoms with E-state index < -0.39 is 0 Å². The summed E-state index contributed by atoms with van der Waals surface area (Å²) < 4.78 is 16.5. The normalized spacial score (nSPS) is 14.5. The molecule has 5 heteroatoms. The second-order valence-electron chi connectivity index (χ2n) is 5.86. The second-order valence-corrected chi connectivity index (χ2v) is 5.86. The number of fused-ring (bicyclic) bond motifs is 1. The minimum Gasteiger partial charge on any atom is -0.310 e. The summed E-state index contributed by atoms with van der Waals surface area (Å²) in [6.07, 6.45) is 7.61. The fourth-order valence-corrected chi connectivity index (χ4v) is 2.74. The van der Waals surface area contributed by atoms with Crippen LogP contribution < -0.4 is 5.32 Å². The summed E-state index contributed by atoms with van der Waals surface area (Å²) in [7, 11) is 0. The maximum Gasteiger partial charge on any atom is 0.174 e. The maximum absolute atomic E-state index is 14.7. The Bertz CT molecular complexity index is 633. The number of aromatic nitrogens is 3. The van der Waals surface area contributed by atoms with Crippen molar-refractivity contribution in [2.24, 2.45) is 0 Å². The first-order valence-electron chi connectivity index (χ1n) is 7.59. The van der Waals surface area contributed by atoms with E-state index in [1.54, 1.807) is 18.6 Å². The SMILES string of the molecule is CC(C)NCc1ccnc(-n2cnc3c2CCCC3)c1F. The minimum absolute atomic E-state index is 0.253. The number of nitrogens with one attached hydrogen (secondary N) is 1. The van der Waals surface area contributed by atoms with E-state index in [2.05, 4.69) is 15.3 Å². The molecule has 0 atom stereocenters. The molecule has 0 radical (unpaired) electrons. The van der Waals surface area contributed by atoms with Gasteiger partial charge in [0.25, 0.3) is 0 Å². The van der Waals surface area contributed by atoms with Crippen molar-refractivity contribution in [2.75, 3.05) is 0 Å². The summed E-state index contributed by atoms with van der Waals surface area (Å²) in [4.78, 5) is 8.66. The van der Waals surface area contributed by atoms with Crippen LogP contribution in [0.25, 0.3) is 5.82 Å². The quantitative estimate of drug-likeness (QED) is 0.940. The van der Waals surface area contributed by atoms with E-state index in [4.69, 9.17) is 0 Å². The van der Waals surface area contributed by atoms with Crippen LogP contribution in [-0.4, -0.2) is 20.6 Å². The first kappa shape index (κ1) is 14.2. The maximum atomic E-state index is 14.7. The van der Waals surface area contributed by atoms with Crippen LogP contribution in [0.5, 0.6) is 0 Å². The molecule has 21 heavy (non-hydrogen) atoms. The van der Waals surface area contributed by atoms with Crippen molar-refractivity contribution in [2.45, 2.75) is 52.1 Å². The molecular formula is C16H21FN4. The van der Waals surface area contributed by atoms with Gasteiger partial charge in [-0.1, -0.05) is 13.8 Å². The summed E-state index contributed by atoms with van der Waals surface area (Å²) >= 11 is 0. The van der Waals surface area contributed by atoms with E-state index >= 15 is 0 Å². The average molecular weight is 288 g/mol. The van der Waals surface area contributed by atoms with Crippen LogP contribution in [0.2, 0.25) is 0 Å². The van der Waals surface area contributed by atoms with Crippen LogP contribution in [0.15, 0.2) is 18.6 Å². The number of nitrogens with zero attached hydrogens (tertiary/aromatic N) is 3. The van der Waals surface area contributed by atoms with Crippen LogP contribution in [0.4, 0.5) is 4.39 Å². The molecule has 0 unspecified atom stereocenters.